The summed E-state index contributed by atoms with van der Waals surface area (Å²) in [5, 5.41) is 3.09. The number of nitrogens with zero attached hydrogens (tertiary/aromatic N) is 2. The summed E-state index contributed by atoms with van der Waals surface area (Å²) in [4.78, 5) is 15.7. The number of carbonyl (C=O) groups is 1. The molecular weight excluding hydrogens is 178 g/mol. The number of likely N-dealkylation sites (tertiary alicyclic amines) is 1. The Morgan fingerprint density at radius 2 is 2.14 bits per heavy atom. The van der Waals surface area contributed by atoms with E-state index in [4.69, 9.17) is 0 Å². The van der Waals surface area contributed by atoms with Gasteiger partial charge in [-0.2, -0.15) is 0 Å². The van der Waals surface area contributed by atoms with Crippen molar-refractivity contribution in [1.82, 2.24) is 15.1 Å². The molecule has 4 nitrogen and oxygen atoms in total. The third kappa shape index (κ3) is 2.25. The summed E-state index contributed by atoms with van der Waals surface area (Å²) < 4.78 is 0. The van der Waals surface area contributed by atoms with Gasteiger partial charge >= 0.3 is 0 Å². The van der Waals surface area contributed by atoms with Gasteiger partial charge in [-0.3, -0.25) is 10.1 Å². The maximum atomic E-state index is 11.4. The first-order valence-electron chi connectivity index (χ1n) is 5.43. The molecule has 0 saturated carbocycles. The van der Waals surface area contributed by atoms with Crippen LogP contribution >= 0.6 is 0 Å². The van der Waals surface area contributed by atoms with E-state index in [2.05, 4.69) is 17.3 Å². The molecule has 0 bridgehead atoms. The summed E-state index contributed by atoms with van der Waals surface area (Å²) in [6.07, 6.45) is 2.47. The highest BCUT2D eigenvalue weighted by atomic mass is 16.2. The highest BCUT2D eigenvalue weighted by molar-refractivity contribution is 5.79. The van der Waals surface area contributed by atoms with E-state index in [1.807, 2.05) is 4.90 Å². The maximum absolute atomic E-state index is 11.4. The van der Waals surface area contributed by atoms with Gasteiger partial charge in [0.05, 0.1) is 13.2 Å². The van der Waals surface area contributed by atoms with Gasteiger partial charge in [-0.25, -0.2) is 0 Å². The molecule has 80 valence electrons. The number of hydrogen-bond acceptors (Lipinski definition) is 3. The van der Waals surface area contributed by atoms with E-state index in [1.165, 1.54) is 25.9 Å². The summed E-state index contributed by atoms with van der Waals surface area (Å²) in [7, 11) is 2.17. The van der Waals surface area contributed by atoms with Crippen molar-refractivity contribution in [1.29, 1.82) is 0 Å². The molecule has 14 heavy (non-hydrogen) atoms. The van der Waals surface area contributed by atoms with Gasteiger partial charge in [-0.05, 0) is 38.9 Å². The van der Waals surface area contributed by atoms with Gasteiger partial charge in [0.25, 0.3) is 0 Å². The molecule has 0 aromatic heterocycles. The summed E-state index contributed by atoms with van der Waals surface area (Å²) in [6, 6.07) is 0. The first kappa shape index (κ1) is 9.93. The molecule has 0 spiro atoms. The Labute approximate surface area is 85.2 Å². The number of hydrogen-bond donors (Lipinski definition) is 1. The molecule has 1 amide bonds. The lowest BCUT2D eigenvalue weighted by molar-refractivity contribution is -0.127. The Bertz CT molecular complexity index is 211. The molecule has 2 aliphatic rings. The first-order valence-corrected chi connectivity index (χ1v) is 5.43. The Morgan fingerprint density at radius 3 is 2.71 bits per heavy atom. The van der Waals surface area contributed by atoms with Crippen LogP contribution in [0.15, 0.2) is 0 Å². The molecule has 2 rings (SSSR count). The minimum Gasteiger partial charge on any atom is -0.329 e. The van der Waals surface area contributed by atoms with Crippen LogP contribution in [0, 0.1) is 5.92 Å². The molecule has 2 saturated heterocycles. The van der Waals surface area contributed by atoms with Crippen molar-refractivity contribution in [3.05, 3.63) is 0 Å². The van der Waals surface area contributed by atoms with Crippen molar-refractivity contribution in [2.45, 2.75) is 12.8 Å². The predicted octanol–water partition coefficient (Wildman–Crippen LogP) is -0.282. The van der Waals surface area contributed by atoms with Crippen LogP contribution in [-0.2, 0) is 4.79 Å². The molecule has 4 heteroatoms. The van der Waals surface area contributed by atoms with Crippen molar-refractivity contribution < 1.29 is 4.79 Å². The molecule has 0 unspecified atom stereocenters. The zero-order chi connectivity index (χ0) is 9.97. The van der Waals surface area contributed by atoms with Crippen LogP contribution in [0.5, 0.6) is 0 Å². The van der Waals surface area contributed by atoms with Crippen LogP contribution in [0.3, 0.4) is 0 Å². The van der Waals surface area contributed by atoms with Crippen molar-refractivity contribution in [3.63, 3.8) is 0 Å². The lowest BCUT2D eigenvalue weighted by Gasteiger charge is -2.31. The Hall–Kier alpha value is -0.610. The van der Waals surface area contributed by atoms with Crippen molar-refractivity contribution >= 4 is 5.91 Å². The second-order valence-electron chi connectivity index (χ2n) is 4.45. The van der Waals surface area contributed by atoms with E-state index >= 15 is 0 Å². The van der Waals surface area contributed by atoms with Crippen molar-refractivity contribution in [2.24, 2.45) is 5.92 Å². The second kappa shape index (κ2) is 4.28. The second-order valence-corrected chi connectivity index (χ2v) is 4.45. The van der Waals surface area contributed by atoms with Crippen LogP contribution < -0.4 is 5.32 Å². The number of nitrogens with one attached hydrogen (secondary N) is 1. The lowest BCUT2D eigenvalue weighted by atomic mass is 9.97. The maximum Gasteiger partial charge on any atom is 0.237 e. The normalized spacial score (nSPS) is 26.1. The molecule has 1 N–H and O–H groups in total. The standard InChI is InChI=1S/C10H19N3O/c1-12-4-2-9(3-5-12)7-13-8-11-6-10(13)14/h9,11H,2-8H2,1H3. The smallest absolute Gasteiger partial charge is 0.237 e. The number of rotatable bonds is 2. The Kier molecular flexibility index (Phi) is 3.03. The third-order valence-electron chi connectivity index (χ3n) is 3.25. The molecule has 2 fully saturated rings. The highest BCUT2D eigenvalue weighted by Crippen LogP contribution is 2.17. The van der Waals surface area contributed by atoms with E-state index in [-0.39, 0.29) is 5.91 Å². The van der Waals surface area contributed by atoms with Gasteiger partial charge in [0.15, 0.2) is 0 Å². The molecule has 0 aromatic carbocycles. The summed E-state index contributed by atoms with van der Waals surface area (Å²) in [5.74, 6) is 0.985. The molecule has 0 aromatic rings. The first-order chi connectivity index (χ1) is 6.75. The van der Waals surface area contributed by atoms with E-state index in [1.54, 1.807) is 0 Å². The molecule has 2 heterocycles. The number of piperidine rings is 1. The van der Waals surface area contributed by atoms with Gasteiger partial charge < -0.3 is 9.80 Å². The van der Waals surface area contributed by atoms with E-state index < -0.39 is 0 Å². The molecular formula is C10H19N3O. The van der Waals surface area contributed by atoms with Gasteiger partial charge in [0.2, 0.25) is 5.91 Å². The molecule has 2 aliphatic heterocycles. The fraction of sp³-hybridized carbons (Fsp3) is 0.900. The van der Waals surface area contributed by atoms with Crippen LogP contribution in [0.4, 0.5) is 0 Å². The van der Waals surface area contributed by atoms with Gasteiger partial charge in [0.1, 0.15) is 0 Å². The SMILES string of the molecule is CN1CCC(CN2CNCC2=O)CC1. The van der Waals surface area contributed by atoms with E-state index in [9.17, 15) is 4.79 Å². The van der Waals surface area contributed by atoms with Crippen LogP contribution in [0.25, 0.3) is 0 Å². The number of amides is 1. The summed E-state index contributed by atoms with van der Waals surface area (Å²) in [6.45, 7) is 4.61. The fourth-order valence-electron chi connectivity index (χ4n) is 2.22. The van der Waals surface area contributed by atoms with Crippen LogP contribution in [-0.4, -0.2) is 55.6 Å². The monoisotopic (exact) mass is 197 g/mol. The molecule has 0 aliphatic carbocycles. The third-order valence-corrected chi connectivity index (χ3v) is 3.25. The van der Waals surface area contributed by atoms with Crippen molar-refractivity contribution in [2.75, 3.05) is 39.9 Å². The highest BCUT2D eigenvalue weighted by Gasteiger charge is 2.24. The van der Waals surface area contributed by atoms with Gasteiger partial charge in [-0.1, -0.05) is 0 Å². The van der Waals surface area contributed by atoms with Crippen molar-refractivity contribution in [3.8, 4) is 0 Å². The predicted molar refractivity (Wildman–Crippen MR) is 54.8 cm³/mol. The largest absolute Gasteiger partial charge is 0.329 e. The van der Waals surface area contributed by atoms with Crippen LogP contribution in [0.2, 0.25) is 0 Å². The molecule has 0 radical (unpaired) electrons. The fourth-order valence-corrected chi connectivity index (χ4v) is 2.22. The Balaban J connectivity index is 1.77. The lowest BCUT2D eigenvalue weighted by Crippen LogP contribution is -2.38. The quantitative estimate of drug-likeness (QED) is 0.661. The summed E-state index contributed by atoms with van der Waals surface area (Å²) in [5.41, 5.74) is 0. The minimum atomic E-state index is 0.268. The number of carbonyl (C=O) groups excluding carboxylic acids is 1. The van der Waals surface area contributed by atoms with Crippen LogP contribution in [0.1, 0.15) is 12.8 Å². The molecule has 0 atom stereocenters. The minimum absolute atomic E-state index is 0.268. The van der Waals surface area contributed by atoms with Gasteiger partial charge in [-0.15, -0.1) is 0 Å². The van der Waals surface area contributed by atoms with E-state index in [0.29, 0.717) is 6.54 Å². The van der Waals surface area contributed by atoms with E-state index in [0.717, 1.165) is 19.1 Å². The summed E-state index contributed by atoms with van der Waals surface area (Å²) >= 11 is 0. The average Bonchev–Trinajstić information content (AvgIpc) is 2.56. The zero-order valence-electron chi connectivity index (χ0n) is 8.83. The zero-order valence-corrected chi connectivity index (χ0v) is 8.83. The Morgan fingerprint density at radius 1 is 1.43 bits per heavy atom. The topological polar surface area (TPSA) is 35.6 Å². The van der Waals surface area contributed by atoms with Gasteiger partial charge in [0, 0.05) is 6.54 Å². The average molecular weight is 197 g/mol.